The third-order valence-electron chi connectivity index (χ3n) is 4.31. The number of ether oxygens (including phenoxy) is 1. The van der Waals surface area contributed by atoms with Crippen molar-refractivity contribution in [3.8, 4) is 11.8 Å². The number of rotatable bonds is 4. The molecule has 0 aromatic heterocycles. The Morgan fingerprint density at radius 3 is 2.74 bits per heavy atom. The number of hydrogen-bond donors (Lipinski definition) is 1. The summed E-state index contributed by atoms with van der Waals surface area (Å²) in [5.74, 6) is 0.160. The van der Waals surface area contributed by atoms with Crippen molar-refractivity contribution in [1.29, 1.82) is 5.26 Å². The monoisotopic (exact) mass is 427 g/mol. The molecule has 2 aromatic rings. The van der Waals surface area contributed by atoms with Gasteiger partial charge in [0.25, 0.3) is 0 Å². The van der Waals surface area contributed by atoms with Crippen LogP contribution >= 0.6 is 24.0 Å². The number of benzene rings is 2. The molecular formula is C18H19Cl2N3O3S. The van der Waals surface area contributed by atoms with Crippen LogP contribution in [0.25, 0.3) is 0 Å². The highest BCUT2D eigenvalue weighted by atomic mass is 35.5. The smallest absolute Gasteiger partial charge is 0.247 e. The molecular weight excluding hydrogens is 409 g/mol. The second-order valence-electron chi connectivity index (χ2n) is 5.87. The van der Waals surface area contributed by atoms with Crippen LogP contribution in [-0.4, -0.2) is 39.5 Å². The molecule has 1 aliphatic heterocycles. The second-order valence-corrected chi connectivity index (χ2v) is 8.16. The van der Waals surface area contributed by atoms with Gasteiger partial charge in [0.05, 0.1) is 24.8 Å². The molecule has 1 fully saturated rings. The zero-order valence-electron chi connectivity index (χ0n) is 14.6. The third-order valence-corrected chi connectivity index (χ3v) is 6.49. The van der Waals surface area contributed by atoms with Crippen LogP contribution in [0.4, 0.5) is 0 Å². The first-order valence-corrected chi connectivity index (χ1v) is 9.85. The Hall–Kier alpha value is -1.82. The summed E-state index contributed by atoms with van der Waals surface area (Å²) in [5, 5.41) is 12.8. The van der Waals surface area contributed by atoms with Crippen molar-refractivity contribution < 1.29 is 13.2 Å². The molecule has 1 heterocycles. The van der Waals surface area contributed by atoms with Crippen molar-refractivity contribution in [2.75, 3.05) is 26.7 Å². The largest absolute Gasteiger partial charge is 0.495 e. The van der Waals surface area contributed by atoms with Crippen LogP contribution in [0.3, 0.4) is 0 Å². The normalized spacial score (nSPS) is 17.6. The summed E-state index contributed by atoms with van der Waals surface area (Å²) in [5.41, 5.74) is 1.16. The molecule has 0 bridgehead atoms. The van der Waals surface area contributed by atoms with E-state index < -0.39 is 10.0 Å². The van der Waals surface area contributed by atoms with Crippen molar-refractivity contribution >= 4 is 34.0 Å². The van der Waals surface area contributed by atoms with Gasteiger partial charge >= 0.3 is 0 Å². The van der Waals surface area contributed by atoms with Crippen LogP contribution in [0.1, 0.15) is 17.2 Å². The summed E-state index contributed by atoms with van der Waals surface area (Å²) in [7, 11) is -2.43. The van der Waals surface area contributed by atoms with Crippen LogP contribution in [0.2, 0.25) is 5.02 Å². The number of nitrogens with zero attached hydrogens (tertiary/aromatic N) is 2. The minimum atomic E-state index is -3.82. The molecule has 9 heteroatoms. The summed E-state index contributed by atoms with van der Waals surface area (Å²) in [6.07, 6.45) is 0. The van der Waals surface area contributed by atoms with E-state index in [0.717, 1.165) is 5.56 Å². The molecule has 1 atom stereocenters. The molecule has 6 nitrogen and oxygen atoms in total. The van der Waals surface area contributed by atoms with E-state index in [4.69, 9.17) is 21.6 Å². The molecule has 1 unspecified atom stereocenters. The topological polar surface area (TPSA) is 82.4 Å². The van der Waals surface area contributed by atoms with Gasteiger partial charge in [-0.15, -0.1) is 12.4 Å². The number of piperazine rings is 1. The number of methoxy groups -OCH3 is 1. The van der Waals surface area contributed by atoms with Gasteiger partial charge in [0.2, 0.25) is 10.0 Å². The van der Waals surface area contributed by atoms with E-state index in [1.807, 2.05) is 12.1 Å². The number of sulfonamides is 1. The van der Waals surface area contributed by atoms with Crippen molar-refractivity contribution in [2.24, 2.45) is 0 Å². The van der Waals surface area contributed by atoms with E-state index in [1.165, 1.54) is 29.6 Å². The van der Waals surface area contributed by atoms with Crippen molar-refractivity contribution in [3.05, 3.63) is 58.6 Å². The minimum Gasteiger partial charge on any atom is -0.495 e. The molecule has 1 saturated heterocycles. The van der Waals surface area contributed by atoms with E-state index in [9.17, 15) is 8.42 Å². The van der Waals surface area contributed by atoms with Crippen LogP contribution in [0, 0.1) is 11.3 Å². The molecule has 3 rings (SSSR count). The van der Waals surface area contributed by atoms with Gasteiger partial charge in [0, 0.05) is 24.7 Å². The van der Waals surface area contributed by atoms with Gasteiger partial charge in [-0.1, -0.05) is 23.7 Å². The van der Waals surface area contributed by atoms with Gasteiger partial charge in [-0.25, -0.2) is 8.42 Å². The fourth-order valence-electron chi connectivity index (χ4n) is 3.05. The van der Waals surface area contributed by atoms with Gasteiger partial charge in [-0.05, 0) is 35.9 Å². The lowest BCUT2D eigenvalue weighted by atomic mass is 10.1. The standard InChI is InChI=1S/C18H18ClN3O3S.ClH/c1-25-17-9-13(11-20)5-6-18(17)26(23,24)22-8-7-21-12-16(22)14-3-2-4-15(19)10-14;/h2-6,9-10,16,21H,7-8,12H2,1H3;1H. The highest BCUT2D eigenvalue weighted by molar-refractivity contribution is 7.89. The Bertz CT molecular complexity index is 961. The first kappa shape index (κ1) is 21.5. The Morgan fingerprint density at radius 2 is 2.07 bits per heavy atom. The lowest BCUT2D eigenvalue weighted by Crippen LogP contribution is -2.48. The number of nitriles is 1. The summed E-state index contributed by atoms with van der Waals surface area (Å²) >= 11 is 6.09. The molecule has 144 valence electrons. The zero-order valence-corrected chi connectivity index (χ0v) is 16.9. The predicted molar refractivity (Wildman–Crippen MR) is 106 cm³/mol. The highest BCUT2D eigenvalue weighted by Crippen LogP contribution is 2.34. The second kappa shape index (κ2) is 8.91. The third kappa shape index (κ3) is 4.37. The van der Waals surface area contributed by atoms with E-state index in [2.05, 4.69) is 5.32 Å². The van der Waals surface area contributed by atoms with Gasteiger partial charge in [-0.2, -0.15) is 9.57 Å². The van der Waals surface area contributed by atoms with Gasteiger partial charge in [0.1, 0.15) is 10.6 Å². The lowest BCUT2D eigenvalue weighted by molar-refractivity contribution is 0.270. The van der Waals surface area contributed by atoms with Gasteiger partial charge in [0.15, 0.2) is 0 Å². The Kier molecular flexibility index (Phi) is 7.09. The fourth-order valence-corrected chi connectivity index (χ4v) is 5.00. The maximum atomic E-state index is 13.3. The van der Waals surface area contributed by atoms with Gasteiger partial charge < -0.3 is 10.1 Å². The summed E-state index contributed by atoms with van der Waals surface area (Å²) in [6, 6.07) is 13.1. The first-order valence-electron chi connectivity index (χ1n) is 8.03. The molecule has 0 spiro atoms. The summed E-state index contributed by atoms with van der Waals surface area (Å²) < 4.78 is 33.4. The van der Waals surface area contributed by atoms with Crippen molar-refractivity contribution in [1.82, 2.24) is 9.62 Å². The molecule has 0 radical (unpaired) electrons. The Labute approximate surface area is 170 Å². The van der Waals surface area contributed by atoms with Crippen molar-refractivity contribution in [3.63, 3.8) is 0 Å². The van der Waals surface area contributed by atoms with E-state index in [-0.39, 0.29) is 29.1 Å². The van der Waals surface area contributed by atoms with Crippen LogP contribution in [0.5, 0.6) is 5.75 Å². The molecule has 0 aliphatic carbocycles. The molecule has 0 amide bonds. The van der Waals surface area contributed by atoms with E-state index >= 15 is 0 Å². The quantitative estimate of drug-likeness (QED) is 0.810. The van der Waals surface area contributed by atoms with E-state index in [1.54, 1.807) is 18.2 Å². The minimum absolute atomic E-state index is 0. The summed E-state index contributed by atoms with van der Waals surface area (Å²) in [4.78, 5) is 0.0490. The maximum Gasteiger partial charge on any atom is 0.247 e. The Morgan fingerprint density at radius 1 is 1.30 bits per heavy atom. The maximum absolute atomic E-state index is 13.3. The predicted octanol–water partition coefficient (Wildman–Crippen LogP) is 2.98. The Balaban J connectivity index is 0.00000261. The number of hydrogen-bond acceptors (Lipinski definition) is 5. The van der Waals surface area contributed by atoms with Crippen LogP contribution in [-0.2, 0) is 10.0 Å². The average Bonchev–Trinajstić information content (AvgIpc) is 2.67. The van der Waals surface area contributed by atoms with Gasteiger partial charge in [-0.3, -0.25) is 0 Å². The summed E-state index contributed by atoms with van der Waals surface area (Å²) in [6.45, 7) is 1.36. The molecule has 1 aliphatic rings. The number of nitrogens with one attached hydrogen (secondary N) is 1. The molecule has 27 heavy (non-hydrogen) atoms. The van der Waals surface area contributed by atoms with Crippen LogP contribution in [0.15, 0.2) is 47.4 Å². The van der Waals surface area contributed by atoms with Crippen molar-refractivity contribution in [2.45, 2.75) is 10.9 Å². The van der Waals surface area contributed by atoms with Crippen LogP contribution < -0.4 is 10.1 Å². The zero-order chi connectivity index (χ0) is 18.7. The SMILES string of the molecule is COc1cc(C#N)ccc1S(=O)(=O)N1CCNCC1c1cccc(Cl)c1.Cl. The number of halogens is 2. The lowest BCUT2D eigenvalue weighted by Gasteiger charge is -2.35. The molecule has 0 saturated carbocycles. The fraction of sp³-hybridized carbons (Fsp3) is 0.278. The highest BCUT2D eigenvalue weighted by Gasteiger charge is 2.36. The van der Waals surface area contributed by atoms with E-state index in [0.29, 0.717) is 30.2 Å². The molecule has 1 N–H and O–H groups in total. The first-order chi connectivity index (χ1) is 12.5. The average molecular weight is 428 g/mol. The molecule has 2 aromatic carbocycles.